The molecule has 0 aliphatic heterocycles. The molecule has 1 rings (SSSR count). The first kappa shape index (κ1) is 20.9. The van der Waals surface area contributed by atoms with Crippen LogP contribution in [0.1, 0.15) is 31.7 Å². The zero-order valence-corrected chi connectivity index (χ0v) is 15.7. The van der Waals surface area contributed by atoms with E-state index in [1.807, 2.05) is 6.92 Å². The van der Waals surface area contributed by atoms with Gasteiger partial charge in [0.2, 0.25) is 10.0 Å². The monoisotopic (exact) mass is 359 g/mol. The summed E-state index contributed by atoms with van der Waals surface area (Å²) in [7, 11) is -1.90. The summed E-state index contributed by atoms with van der Waals surface area (Å²) in [6.07, 6.45) is 2.78. The van der Waals surface area contributed by atoms with Gasteiger partial charge in [0, 0.05) is 26.9 Å². The van der Waals surface area contributed by atoms with E-state index >= 15 is 0 Å². The van der Waals surface area contributed by atoms with Gasteiger partial charge < -0.3 is 14.2 Å². The van der Waals surface area contributed by atoms with Gasteiger partial charge in [0.25, 0.3) is 0 Å². The minimum Gasteiger partial charge on any atom is -0.491 e. The van der Waals surface area contributed by atoms with Crippen LogP contribution in [0.2, 0.25) is 0 Å². The number of rotatable bonds is 13. The molecule has 0 saturated heterocycles. The van der Waals surface area contributed by atoms with E-state index in [9.17, 15) is 8.42 Å². The predicted octanol–water partition coefficient (Wildman–Crippen LogP) is 2.51. The number of benzene rings is 1. The van der Waals surface area contributed by atoms with Crippen LogP contribution in [0.4, 0.5) is 0 Å². The fourth-order valence-corrected chi connectivity index (χ4v) is 3.16. The molecular formula is C17H29NO5S. The zero-order valence-electron chi connectivity index (χ0n) is 14.8. The van der Waals surface area contributed by atoms with Crippen molar-refractivity contribution >= 4 is 10.0 Å². The first-order chi connectivity index (χ1) is 11.5. The van der Waals surface area contributed by atoms with E-state index in [0.29, 0.717) is 38.5 Å². The molecule has 0 radical (unpaired) electrons. The van der Waals surface area contributed by atoms with Crippen molar-refractivity contribution in [1.82, 2.24) is 4.72 Å². The second kappa shape index (κ2) is 11.4. The number of nitrogens with one attached hydrogen (secondary N) is 1. The van der Waals surface area contributed by atoms with Crippen LogP contribution in [0, 0.1) is 6.92 Å². The van der Waals surface area contributed by atoms with Crippen LogP contribution in [-0.2, 0) is 19.5 Å². The van der Waals surface area contributed by atoms with Crippen LogP contribution in [0.25, 0.3) is 0 Å². The molecule has 7 heteroatoms. The van der Waals surface area contributed by atoms with Gasteiger partial charge >= 0.3 is 0 Å². The van der Waals surface area contributed by atoms with Gasteiger partial charge in [-0.05, 0) is 43.5 Å². The highest BCUT2D eigenvalue weighted by Crippen LogP contribution is 2.21. The molecule has 6 nitrogen and oxygen atoms in total. The lowest BCUT2D eigenvalue weighted by Gasteiger charge is -2.11. The van der Waals surface area contributed by atoms with Gasteiger partial charge in [-0.25, -0.2) is 13.1 Å². The Kier molecular flexibility index (Phi) is 9.94. The number of methoxy groups -OCH3 is 1. The maximum absolute atomic E-state index is 12.3. The second-order valence-corrected chi connectivity index (χ2v) is 7.25. The molecule has 0 spiro atoms. The summed E-state index contributed by atoms with van der Waals surface area (Å²) >= 11 is 0. The SMILES string of the molecule is CCCCOCCCNS(=O)(=O)c1ccc(OCCOC)c(C)c1. The lowest BCUT2D eigenvalue weighted by molar-refractivity contribution is 0.130. The summed E-state index contributed by atoms with van der Waals surface area (Å²) in [6.45, 7) is 6.50. The average molecular weight is 359 g/mol. The fraction of sp³-hybridized carbons (Fsp3) is 0.647. The summed E-state index contributed by atoms with van der Waals surface area (Å²) in [4.78, 5) is 0.242. The minimum absolute atomic E-state index is 0.242. The molecule has 1 N–H and O–H groups in total. The highest BCUT2D eigenvalue weighted by Gasteiger charge is 2.14. The van der Waals surface area contributed by atoms with Crippen LogP contribution in [0.15, 0.2) is 23.1 Å². The number of hydrogen-bond acceptors (Lipinski definition) is 5. The molecule has 0 unspecified atom stereocenters. The molecule has 24 heavy (non-hydrogen) atoms. The van der Waals surface area contributed by atoms with Crippen LogP contribution >= 0.6 is 0 Å². The van der Waals surface area contributed by atoms with Crippen molar-refractivity contribution in [2.45, 2.75) is 38.0 Å². The highest BCUT2D eigenvalue weighted by atomic mass is 32.2. The first-order valence-corrected chi connectivity index (χ1v) is 9.79. The zero-order chi connectivity index (χ0) is 17.8. The predicted molar refractivity (Wildman–Crippen MR) is 94.1 cm³/mol. The van der Waals surface area contributed by atoms with E-state index in [1.54, 1.807) is 25.3 Å². The molecule has 0 aliphatic rings. The summed E-state index contributed by atoms with van der Waals surface area (Å²) in [6, 6.07) is 4.84. The normalized spacial score (nSPS) is 11.6. The number of aryl methyl sites for hydroxylation is 1. The van der Waals surface area contributed by atoms with E-state index in [0.717, 1.165) is 25.0 Å². The van der Waals surface area contributed by atoms with Crippen LogP contribution in [0.3, 0.4) is 0 Å². The van der Waals surface area contributed by atoms with Crippen molar-refractivity contribution in [1.29, 1.82) is 0 Å². The van der Waals surface area contributed by atoms with Gasteiger partial charge in [-0.15, -0.1) is 0 Å². The standard InChI is InChI=1S/C17H29NO5S/c1-4-5-10-22-11-6-9-18-24(19,20)16-7-8-17(15(2)14-16)23-13-12-21-3/h7-8,14,18H,4-6,9-13H2,1-3H3. The quantitative estimate of drug-likeness (QED) is 0.548. The molecule has 138 valence electrons. The van der Waals surface area contributed by atoms with Gasteiger partial charge in [-0.1, -0.05) is 13.3 Å². The van der Waals surface area contributed by atoms with Gasteiger partial charge in [-0.3, -0.25) is 0 Å². The van der Waals surface area contributed by atoms with Crippen LogP contribution in [0.5, 0.6) is 5.75 Å². The molecule has 0 atom stereocenters. The number of ether oxygens (including phenoxy) is 3. The number of hydrogen-bond donors (Lipinski definition) is 1. The van der Waals surface area contributed by atoms with Crippen molar-refractivity contribution < 1.29 is 22.6 Å². The van der Waals surface area contributed by atoms with E-state index in [2.05, 4.69) is 11.6 Å². The van der Waals surface area contributed by atoms with Gasteiger partial charge in [-0.2, -0.15) is 0 Å². The topological polar surface area (TPSA) is 73.9 Å². The van der Waals surface area contributed by atoms with E-state index in [1.165, 1.54) is 0 Å². The minimum atomic E-state index is -3.51. The Morgan fingerprint density at radius 2 is 1.83 bits per heavy atom. The van der Waals surface area contributed by atoms with E-state index < -0.39 is 10.0 Å². The highest BCUT2D eigenvalue weighted by molar-refractivity contribution is 7.89. The summed E-state index contributed by atoms with van der Waals surface area (Å²) in [5, 5.41) is 0. The third-order valence-corrected chi connectivity index (χ3v) is 4.86. The lowest BCUT2D eigenvalue weighted by atomic mass is 10.2. The van der Waals surface area contributed by atoms with Gasteiger partial charge in [0.15, 0.2) is 0 Å². The molecule has 0 bridgehead atoms. The van der Waals surface area contributed by atoms with Crippen molar-refractivity contribution in [3.63, 3.8) is 0 Å². The molecule has 0 aromatic heterocycles. The Morgan fingerprint density at radius 3 is 2.50 bits per heavy atom. The van der Waals surface area contributed by atoms with Gasteiger partial charge in [0.1, 0.15) is 12.4 Å². The maximum Gasteiger partial charge on any atom is 0.240 e. The molecular weight excluding hydrogens is 330 g/mol. The smallest absolute Gasteiger partial charge is 0.240 e. The first-order valence-electron chi connectivity index (χ1n) is 8.31. The van der Waals surface area contributed by atoms with Crippen molar-refractivity contribution in [3.8, 4) is 5.75 Å². The number of sulfonamides is 1. The third kappa shape index (κ3) is 7.61. The summed E-state index contributed by atoms with van der Waals surface area (Å²) in [5.41, 5.74) is 0.775. The molecule has 1 aromatic rings. The third-order valence-electron chi connectivity index (χ3n) is 3.40. The Bertz CT molecular complexity index is 574. The summed E-state index contributed by atoms with van der Waals surface area (Å²) in [5.74, 6) is 0.662. The Labute approximate surface area is 145 Å². The Hall–Kier alpha value is -1.15. The van der Waals surface area contributed by atoms with Crippen molar-refractivity contribution in [2.75, 3.05) is 40.1 Å². The largest absolute Gasteiger partial charge is 0.491 e. The number of unbranched alkanes of at least 4 members (excludes halogenated alkanes) is 1. The Morgan fingerprint density at radius 1 is 1.08 bits per heavy atom. The molecule has 0 fully saturated rings. The molecule has 0 amide bonds. The molecule has 0 aliphatic carbocycles. The molecule has 0 heterocycles. The fourth-order valence-electron chi connectivity index (χ4n) is 2.00. The summed E-state index contributed by atoms with van der Waals surface area (Å²) < 4.78 is 43.0. The van der Waals surface area contributed by atoms with Crippen molar-refractivity contribution in [3.05, 3.63) is 23.8 Å². The molecule has 1 aromatic carbocycles. The maximum atomic E-state index is 12.3. The van der Waals surface area contributed by atoms with Crippen LogP contribution < -0.4 is 9.46 Å². The van der Waals surface area contributed by atoms with E-state index in [4.69, 9.17) is 14.2 Å². The average Bonchev–Trinajstić information content (AvgIpc) is 2.55. The van der Waals surface area contributed by atoms with E-state index in [-0.39, 0.29) is 4.90 Å². The van der Waals surface area contributed by atoms with Crippen molar-refractivity contribution in [2.24, 2.45) is 0 Å². The molecule has 0 saturated carbocycles. The van der Waals surface area contributed by atoms with Crippen LogP contribution in [-0.4, -0.2) is 48.5 Å². The lowest BCUT2D eigenvalue weighted by Crippen LogP contribution is -2.25. The van der Waals surface area contributed by atoms with Gasteiger partial charge in [0.05, 0.1) is 11.5 Å². The Balaban J connectivity index is 2.47. The second-order valence-electron chi connectivity index (χ2n) is 5.49.